The summed E-state index contributed by atoms with van der Waals surface area (Å²) in [6.07, 6.45) is 6.51. The van der Waals surface area contributed by atoms with Crippen LogP contribution in [0.15, 0.2) is 24.4 Å². The molecule has 2 bridgehead atoms. The zero-order chi connectivity index (χ0) is 11.7. The van der Waals surface area contributed by atoms with Crippen molar-refractivity contribution in [3.05, 3.63) is 30.0 Å². The van der Waals surface area contributed by atoms with Crippen molar-refractivity contribution in [2.45, 2.75) is 25.2 Å². The molecule has 92 valence electrons. The van der Waals surface area contributed by atoms with Gasteiger partial charge in [-0.25, -0.2) is 0 Å². The Morgan fingerprint density at radius 2 is 2.00 bits per heavy atom. The molecule has 2 nitrogen and oxygen atoms in total. The number of H-pyrrole nitrogens is 1. The first-order valence-corrected chi connectivity index (χ1v) is 7.25. The molecule has 2 unspecified atom stereocenters. The fourth-order valence-corrected chi connectivity index (χ4v) is 5.05. The zero-order valence-electron chi connectivity index (χ0n) is 10.4. The second kappa shape index (κ2) is 3.11. The molecular formula is C16H18N2. The van der Waals surface area contributed by atoms with Crippen molar-refractivity contribution >= 4 is 16.6 Å². The third-order valence-corrected chi connectivity index (χ3v) is 5.73. The van der Waals surface area contributed by atoms with Crippen molar-refractivity contribution in [2.75, 3.05) is 11.9 Å². The van der Waals surface area contributed by atoms with Gasteiger partial charge in [-0.15, -0.1) is 0 Å². The van der Waals surface area contributed by atoms with Gasteiger partial charge >= 0.3 is 0 Å². The lowest BCUT2D eigenvalue weighted by Gasteiger charge is -2.38. The van der Waals surface area contributed by atoms with Gasteiger partial charge in [0.1, 0.15) is 0 Å². The molecule has 1 aromatic heterocycles. The van der Waals surface area contributed by atoms with Gasteiger partial charge in [0.25, 0.3) is 0 Å². The van der Waals surface area contributed by atoms with E-state index in [1.54, 1.807) is 5.56 Å². The number of anilines is 1. The first-order chi connectivity index (χ1) is 8.92. The Hall–Kier alpha value is -1.44. The van der Waals surface area contributed by atoms with Gasteiger partial charge in [-0.1, -0.05) is 0 Å². The number of hydrogen-bond acceptors (Lipinski definition) is 1. The number of hydrogen-bond donors (Lipinski definition) is 2. The Bertz CT molecular complexity index is 627. The zero-order valence-corrected chi connectivity index (χ0v) is 10.4. The summed E-state index contributed by atoms with van der Waals surface area (Å²) in [4.78, 5) is 3.37. The molecule has 3 aliphatic rings. The molecule has 2 heteroatoms. The number of fused-ring (bicyclic) bond motifs is 9. The first-order valence-electron chi connectivity index (χ1n) is 7.25. The normalized spacial score (nSPS) is 36.4. The number of aromatic nitrogens is 1. The third-order valence-electron chi connectivity index (χ3n) is 5.73. The van der Waals surface area contributed by atoms with Crippen LogP contribution in [0.25, 0.3) is 10.9 Å². The van der Waals surface area contributed by atoms with Crippen molar-refractivity contribution in [2.24, 2.45) is 17.8 Å². The third kappa shape index (κ3) is 1.01. The molecule has 2 saturated carbocycles. The largest absolute Gasteiger partial charge is 0.384 e. The molecule has 4 atom stereocenters. The van der Waals surface area contributed by atoms with Gasteiger partial charge in [-0.2, -0.15) is 0 Å². The maximum absolute atomic E-state index is 3.69. The summed E-state index contributed by atoms with van der Waals surface area (Å²) in [6, 6.07) is 6.76. The van der Waals surface area contributed by atoms with Gasteiger partial charge in [0.2, 0.25) is 0 Å². The molecular weight excluding hydrogens is 220 g/mol. The van der Waals surface area contributed by atoms with Crippen LogP contribution in [0.3, 0.4) is 0 Å². The molecule has 0 amide bonds. The topological polar surface area (TPSA) is 27.8 Å². The highest BCUT2D eigenvalue weighted by Crippen LogP contribution is 2.60. The summed E-state index contributed by atoms with van der Waals surface area (Å²) < 4.78 is 0. The smallest absolute Gasteiger partial charge is 0.0458 e. The van der Waals surface area contributed by atoms with Crippen molar-refractivity contribution in [1.29, 1.82) is 0 Å². The highest BCUT2D eigenvalue weighted by molar-refractivity contribution is 5.89. The molecule has 2 aromatic rings. The second-order valence-corrected chi connectivity index (χ2v) is 6.37. The minimum absolute atomic E-state index is 0.833. The summed E-state index contributed by atoms with van der Waals surface area (Å²) in [5, 5.41) is 5.15. The van der Waals surface area contributed by atoms with E-state index in [2.05, 4.69) is 34.7 Å². The second-order valence-electron chi connectivity index (χ2n) is 6.37. The van der Waals surface area contributed by atoms with E-state index in [1.165, 1.54) is 42.4 Å². The SMILES string of the molecule is c1cc2c3c(ccc2[nH]1)NC[C@@H]1C2CCC(C2)[C@H]31. The molecule has 2 fully saturated rings. The van der Waals surface area contributed by atoms with Crippen molar-refractivity contribution in [3.63, 3.8) is 0 Å². The Morgan fingerprint density at radius 1 is 1.06 bits per heavy atom. The average Bonchev–Trinajstić information content (AvgIpc) is 3.13. The number of nitrogens with one attached hydrogen (secondary N) is 2. The molecule has 2 N–H and O–H groups in total. The molecule has 1 aliphatic heterocycles. The maximum Gasteiger partial charge on any atom is 0.0458 e. The lowest BCUT2D eigenvalue weighted by Crippen LogP contribution is -2.32. The Morgan fingerprint density at radius 3 is 3.00 bits per heavy atom. The van der Waals surface area contributed by atoms with Gasteiger partial charge < -0.3 is 10.3 Å². The molecule has 1 aromatic carbocycles. The van der Waals surface area contributed by atoms with Gasteiger partial charge in [-0.05, 0) is 66.7 Å². The average molecular weight is 238 g/mol. The Kier molecular flexibility index (Phi) is 1.64. The summed E-state index contributed by atoms with van der Waals surface area (Å²) in [5.41, 5.74) is 4.33. The molecule has 2 heterocycles. The van der Waals surface area contributed by atoms with E-state index in [1.807, 2.05) is 0 Å². The van der Waals surface area contributed by atoms with Crippen molar-refractivity contribution in [3.8, 4) is 0 Å². The number of aromatic amines is 1. The van der Waals surface area contributed by atoms with Crippen LogP contribution in [0.4, 0.5) is 5.69 Å². The molecule has 18 heavy (non-hydrogen) atoms. The van der Waals surface area contributed by atoms with E-state index in [0.717, 1.165) is 23.7 Å². The minimum atomic E-state index is 0.833. The lowest BCUT2D eigenvalue weighted by atomic mass is 9.72. The standard InChI is InChI=1S/C16H18N2/c1-2-10-7-9(1)12-8-18-14-4-3-13-11(5-6-17-13)16(14)15(10)12/h3-6,9-10,12,15,17-18H,1-2,7-8H2/t9?,10?,12-,15+/m1/s1. The molecule has 0 saturated heterocycles. The summed E-state index contributed by atoms with van der Waals surface area (Å²) >= 11 is 0. The van der Waals surface area contributed by atoms with Gasteiger partial charge in [0.15, 0.2) is 0 Å². The number of rotatable bonds is 0. The first kappa shape index (κ1) is 9.48. The number of benzene rings is 1. The van der Waals surface area contributed by atoms with Crippen LogP contribution >= 0.6 is 0 Å². The Labute approximate surface area is 107 Å². The van der Waals surface area contributed by atoms with Crippen LogP contribution in [-0.2, 0) is 0 Å². The van der Waals surface area contributed by atoms with E-state index >= 15 is 0 Å². The Balaban J connectivity index is 1.79. The minimum Gasteiger partial charge on any atom is -0.384 e. The fraction of sp³-hybridized carbons (Fsp3) is 0.500. The summed E-state index contributed by atoms with van der Waals surface area (Å²) in [5.74, 6) is 3.69. The monoisotopic (exact) mass is 238 g/mol. The van der Waals surface area contributed by atoms with Crippen LogP contribution in [0.1, 0.15) is 30.7 Å². The van der Waals surface area contributed by atoms with E-state index in [-0.39, 0.29) is 0 Å². The van der Waals surface area contributed by atoms with E-state index in [4.69, 9.17) is 0 Å². The van der Waals surface area contributed by atoms with E-state index in [9.17, 15) is 0 Å². The molecule has 5 rings (SSSR count). The van der Waals surface area contributed by atoms with Crippen LogP contribution in [0.2, 0.25) is 0 Å². The van der Waals surface area contributed by atoms with Crippen molar-refractivity contribution in [1.82, 2.24) is 4.98 Å². The van der Waals surface area contributed by atoms with Gasteiger partial charge in [0, 0.05) is 29.3 Å². The van der Waals surface area contributed by atoms with E-state index < -0.39 is 0 Å². The van der Waals surface area contributed by atoms with Crippen LogP contribution in [0.5, 0.6) is 0 Å². The quantitative estimate of drug-likeness (QED) is 0.719. The summed E-state index contributed by atoms with van der Waals surface area (Å²) in [6.45, 7) is 1.20. The van der Waals surface area contributed by atoms with Crippen LogP contribution in [0, 0.1) is 17.8 Å². The van der Waals surface area contributed by atoms with Crippen molar-refractivity contribution < 1.29 is 0 Å². The summed E-state index contributed by atoms with van der Waals surface area (Å²) in [7, 11) is 0. The fourth-order valence-electron chi connectivity index (χ4n) is 5.05. The van der Waals surface area contributed by atoms with Crippen LogP contribution in [-0.4, -0.2) is 11.5 Å². The highest BCUT2D eigenvalue weighted by Gasteiger charge is 2.50. The highest BCUT2D eigenvalue weighted by atomic mass is 14.9. The molecule has 0 spiro atoms. The predicted molar refractivity (Wildman–Crippen MR) is 73.9 cm³/mol. The predicted octanol–water partition coefficient (Wildman–Crippen LogP) is 3.72. The van der Waals surface area contributed by atoms with Crippen LogP contribution < -0.4 is 5.32 Å². The lowest BCUT2D eigenvalue weighted by molar-refractivity contribution is 0.296. The van der Waals surface area contributed by atoms with Gasteiger partial charge in [-0.3, -0.25) is 0 Å². The van der Waals surface area contributed by atoms with Gasteiger partial charge in [0.05, 0.1) is 0 Å². The maximum atomic E-state index is 3.69. The molecule has 0 radical (unpaired) electrons. The van der Waals surface area contributed by atoms with E-state index in [0.29, 0.717) is 0 Å². The molecule has 2 aliphatic carbocycles.